The molecular formula is C16H17BrN2O. The SMILES string of the molecule is Cc1ccc(C(=O)Nc2cc(C)c(Br)c(C)c2)c(N)c1. The maximum atomic E-state index is 12.3. The van der Waals surface area contributed by atoms with Gasteiger partial charge >= 0.3 is 0 Å². The van der Waals surface area contributed by atoms with E-state index in [4.69, 9.17) is 5.73 Å². The van der Waals surface area contributed by atoms with Crippen LogP contribution in [0.15, 0.2) is 34.8 Å². The minimum absolute atomic E-state index is 0.191. The molecule has 0 bridgehead atoms. The zero-order valence-electron chi connectivity index (χ0n) is 11.8. The summed E-state index contributed by atoms with van der Waals surface area (Å²) < 4.78 is 1.06. The molecule has 20 heavy (non-hydrogen) atoms. The minimum Gasteiger partial charge on any atom is -0.398 e. The Kier molecular flexibility index (Phi) is 4.14. The number of amides is 1. The van der Waals surface area contributed by atoms with Crippen LogP contribution in [0.5, 0.6) is 0 Å². The van der Waals surface area contributed by atoms with Crippen LogP contribution >= 0.6 is 15.9 Å². The van der Waals surface area contributed by atoms with E-state index in [0.29, 0.717) is 11.3 Å². The van der Waals surface area contributed by atoms with Crippen LogP contribution in [-0.4, -0.2) is 5.91 Å². The smallest absolute Gasteiger partial charge is 0.257 e. The fraction of sp³-hybridized carbons (Fsp3) is 0.188. The largest absolute Gasteiger partial charge is 0.398 e. The van der Waals surface area contributed by atoms with Gasteiger partial charge in [0.2, 0.25) is 0 Å². The molecule has 3 N–H and O–H groups in total. The van der Waals surface area contributed by atoms with Crippen molar-refractivity contribution in [2.45, 2.75) is 20.8 Å². The van der Waals surface area contributed by atoms with Crippen molar-refractivity contribution in [1.29, 1.82) is 0 Å². The normalized spacial score (nSPS) is 10.4. The number of anilines is 2. The second-order valence-corrected chi connectivity index (χ2v) is 5.76. The lowest BCUT2D eigenvalue weighted by Crippen LogP contribution is -2.14. The maximum absolute atomic E-state index is 12.3. The van der Waals surface area contributed by atoms with Crippen molar-refractivity contribution in [3.63, 3.8) is 0 Å². The molecule has 104 valence electrons. The number of benzene rings is 2. The van der Waals surface area contributed by atoms with Gasteiger partial charge in [0.25, 0.3) is 5.91 Å². The Morgan fingerprint density at radius 1 is 1.10 bits per heavy atom. The molecular weight excluding hydrogens is 316 g/mol. The van der Waals surface area contributed by atoms with E-state index >= 15 is 0 Å². The Balaban J connectivity index is 2.28. The third-order valence-corrected chi connectivity index (χ3v) is 4.40. The van der Waals surface area contributed by atoms with E-state index in [-0.39, 0.29) is 5.91 Å². The van der Waals surface area contributed by atoms with Crippen LogP contribution in [0.1, 0.15) is 27.0 Å². The van der Waals surface area contributed by atoms with E-state index in [1.54, 1.807) is 12.1 Å². The molecule has 2 aromatic carbocycles. The molecule has 1 amide bonds. The van der Waals surface area contributed by atoms with E-state index in [1.807, 2.05) is 39.0 Å². The fourth-order valence-electron chi connectivity index (χ4n) is 2.11. The Hall–Kier alpha value is -1.81. The zero-order valence-corrected chi connectivity index (χ0v) is 13.3. The van der Waals surface area contributed by atoms with Crippen LogP contribution < -0.4 is 11.1 Å². The molecule has 0 saturated heterocycles. The first kappa shape index (κ1) is 14.6. The summed E-state index contributed by atoms with van der Waals surface area (Å²) >= 11 is 3.51. The number of rotatable bonds is 2. The van der Waals surface area contributed by atoms with Crippen LogP contribution in [0.3, 0.4) is 0 Å². The average molecular weight is 333 g/mol. The Morgan fingerprint density at radius 3 is 2.25 bits per heavy atom. The number of carbonyl (C=O) groups excluding carboxylic acids is 1. The predicted molar refractivity (Wildman–Crippen MR) is 87.2 cm³/mol. The van der Waals surface area contributed by atoms with Crippen molar-refractivity contribution in [2.75, 3.05) is 11.1 Å². The average Bonchev–Trinajstić information content (AvgIpc) is 2.35. The molecule has 0 saturated carbocycles. The molecule has 4 heteroatoms. The number of nitrogen functional groups attached to an aromatic ring is 1. The second kappa shape index (κ2) is 5.67. The molecule has 0 aliphatic rings. The first-order chi connectivity index (χ1) is 9.38. The van der Waals surface area contributed by atoms with Crippen LogP contribution in [0.25, 0.3) is 0 Å². The van der Waals surface area contributed by atoms with Crippen LogP contribution in [0.4, 0.5) is 11.4 Å². The van der Waals surface area contributed by atoms with Crippen molar-refractivity contribution in [3.8, 4) is 0 Å². The monoisotopic (exact) mass is 332 g/mol. The van der Waals surface area contributed by atoms with Gasteiger partial charge in [0.1, 0.15) is 0 Å². The zero-order chi connectivity index (χ0) is 14.9. The van der Waals surface area contributed by atoms with E-state index in [0.717, 1.165) is 26.9 Å². The van der Waals surface area contributed by atoms with Crippen molar-refractivity contribution in [1.82, 2.24) is 0 Å². The fourth-order valence-corrected chi connectivity index (χ4v) is 2.33. The maximum Gasteiger partial charge on any atom is 0.257 e. The van der Waals surface area contributed by atoms with Crippen molar-refractivity contribution >= 4 is 33.2 Å². The summed E-state index contributed by atoms with van der Waals surface area (Å²) in [6.07, 6.45) is 0. The standard InChI is InChI=1S/C16H17BrN2O/c1-9-4-5-13(14(18)6-9)16(20)19-12-7-10(2)15(17)11(3)8-12/h4-8H,18H2,1-3H3,(H,19,20). The molecule has 0 aliphatic carbocycles. The van der Waals surface area contributed by atoms with Crippen LogP contribution in [-0.2, 0) is 0 Å². The molecule has 3 nitrogen and oxygen atoms in total. The van der Waals surface area contributed by atoms with Crippen molar-refractivity contribution in [2.24, 2.45) is 0 Å². The van der Waals surface area contributed by atoms with Gasteiger partial charge in [-0.15, -0.1) is 0 Å². The molecule has 0 unspecified atom stereocenters. The molecule has 0 radical (unpaired) electrons. The second-order valence-electron chi connectivity index (χ2n) is 4.97. The summed E-state index contributed by atoms with van der Waals surface area (Å²) in [4.78, 5) is 12.3. The highest BCUT2D eigenvalue weighted by molar-refractivity contribution is 9.10. The van der Waals surface area contributed by atoms with Gasteiger partial charge in [-0.05, 0) is 61.7 Å². The van der Waals surface area contributed by atoms with E-state index in [2.05, 4.69) is 21.2 Å². The van der Waals surface area contributed by atoms with E-state index in [1.165, 1.54) is 0 Å². The van der Waals surface area contributed by atoms with Gasteiger partial charge in [-0.2, -0.15) is 0 Å². The van der Waals surface area contributed by atoms with Gasteiger partial charge in [0.05, 0.1) is 5.56 Å². The summed E-state index contributed by atoms with van der Waals surface area (Å²) in [6, 6.07) is 9.29. The van der Waals surface area contributed by atoms with Crippen LogP contribution in [0.2, 0.25) is 0 Å². The number of halogens is 1. The van der Waals surface area contributed by atoms with Gasteiger partial charge < -0.3 is 11.1 Å². The van der Waals surface area contributed by atoms with Gasteiger partial charge in [-0.3, -0.25) is 4.79 Å². The number of hydrogen-bond donors (Lipinski definition) is 2. The molecule has 0 aliphatic heterocycles. The van der Waals surface area contributed by atoms with Crippen molar-refractivity contribution < 1.29 is 4.79 Å². The Labute approximate surface area is 127 Å². The highest BCUT2D eigenvalue weighted by Crippen LogP contribution is 2.25. The number of hydrogen-bond acceptors (Lipinski definition) is 2. The summed E-state index contributed by atoms with van der Waals surface area (Å²) in [5, 5.41) is 2.89. The van der Waals surface area contributed by atoms with Gasteiger partial charge in [0.15, 0.2) is 0 Å². The van der Waals surface area contributed by atoms with Gasteiger partial charge in [-0.25, -0.2) is 0 Å². The lowest BCUT2D eigenvalue weighted by atomic mass is 10.1. The summed E-state index contributed by atoms with van der Waals surface area (Å²) in [6.45, 7) is 5.93. The number of aryl methyl sites for hydroxylation is 3. The Morgan fingerprint density at radius 2 is 1.70 bits per heavy atom. The van der Waals surface area contributed by atoms with E-state index in [9.17, 15) is 4.79 Å². The van der Waals surface area contributed by atoms with Crippen molar-refractivity contribution in [3.05, 3.63) is 57.1 Å². The quantitative estimate of drug-likeness (QED) is 0.809. The predicted octanol–water partition coefficient (Wildman–Crippen LogP) is 4.21. The third-order valence-electron chi connectivity index (χ3n) is 3.15. The topological polar surface area (TPSA) is 55.1 Å². The molecule has 0 spiro atoms. The third kappa shape index (κ3) is 3.02. The number of carbonyl (C=O) groups is 1. The lowest BCUT2D eigenvalue weighted by Gasteiger charge is -2.11. The first-order valence-corrected chi connectivity index (χ1v) is 7.12. The molecule has 0 heterocycles. The summed E-state index contributed by atoms with van der Waals surface area (Å²) in [5.74, 6) is -0.191. The van der Waals surface area contributed by atoms with Crippen LogP contribution in [0, 0.1) is 20.8 Å². The minimum atomic E-state index is -0.191. The number of nitrogens with two attached hydrogens (primary N) is 1. The summed E-state index contributed by atoms with van der Waals surface area (Å²) in [5.41, 5.74) is 10.8. The Bertz CT molecular complexity index is 657. The van der Waals surface area contributed by atoms with Gasteiger partial charge in [0, 0.05) is 15.8 Å². The molecule has 2 aromatic rings. The molecule has 0 fully saturated rings. The molecule has 2 rings (SSSR count). The summed E-state index contributed by atoms with van der Waals surface area (Å²) in [7, 11) is 0. The van der Waals surface area contributed by atoms with Gasteiger partial charge in [-0.1, -0.05) is 22.0 Å². The number of nitrogens with one attached hydrogen (secondary N) is 1. The first-order valence-electron chi connectivity index (χ1n) is 6.32. The lowest BCUT2D eigenvalue weighted by molar-refractivity contribution is 0.102. The molecule has 0 aromatic heterocycles. The highest BCUT2D eigenvalue weighted by Gasteiger charge is 2.11. The molecule has 0 atom stereocenters. The highest BCUT2D eigenvalue weighted by atomic mass is 79.9. The van der Waals surface area contributed by atoms with E-state index < -0.39 is 0 Å².